The SMILES string of the molecule is Cc1ccc(C)n1-c1ccc(OCc2ccc(C(=O)N/N=C/c3cc(Cl)cc(Br)c3OCc3ccc4c(c3)OCO4)o2)cc1. The minimum Gasteiger partial charge on any atom is -0.487 e. The summed E-state index contributed by atoms with van der Waals surface area (Å²) in [5.41, 5.74) is 7.32. The number of rotatable bonds is 10. The van der Waals surface area contributed by atoms with Crippen molar-refractivity contribution < 1.29 is 28.2 Å². The number of aryl methyl sites for hydroxylation is 2. The van der Waals surface area contributed by atoms with Crippen LogP contribution in [0.3, 0.4) is 0 Å². The first-order chi connectivity index (χ1) is 21.3. The molecule has 1 aliphatic heterocycles. The zero-order valence-corrected chi connectivity index (χ0v) is 26.1. The number of aromatic nitrogens is 1. The van der Waals surface area contributed by atoms with Crippen LogP contribution < -0.4 is 24.4 Å². The molecule has 1 N–H and O–H groups in total. The quantitative estimate of drug-likeness (QED) is 0.120. The summed E-state index contributed by atoms with van der Waals surface area (Å²) >= 11 is 9.77. The topological polar surface area (TPSA) is 96.5 Å². The number of nitrogens with zero attached hydrogens (tertiary/aromatic N) is 2. The average Bonchev–Trinajstić information content (AvgIpc) is 3.76. The second-order valence-corrected chi connectivity index (χ2v) is 11.3. The third kappa shape index (κ3) is 6.61. The first-order valence-corrected chi connectivity index (χ1v) is 14.8. The van der Waals surface area contributed by atoms with E-state index in [-0.39, 0.29) is 25.8 Å². The molecule has 0 spiro atoms. The largest absolute Gasteiger partial charge is 0.487 e. The van der Waals surface area contributed by atoms with Gasteiger partial charge in [0.1, 0.15) is 30.5 Å². The fourth-order valence-corrected chi connectivity index (χ4v) is 5.68. The summed E-state index contributed by atoms with van der Waals surface area (Å²) in [5.74, 6) is 2.65. The van der Waals surface area contributed by atoms with Gasteiger partial charge in [-0.15, -0.1) is 0 Å². The van der Waals surface area contributed by atoms with Crippen LogP contribution in [0.2, 0.25) is 5.02 Å². The molecule has 0 saturated heterocycles. The monoisotopic (exact) mass is 675 g/mol. The molecule has 0 radical (unpaired) electrons. The van der Waals surface area contributed by atoms with Crippen LogP contribution in [0.25, 0.3) is 5.69 Å². The molecule has 0 fully saturated rings. The van der Waals surface area contributed by atoms with Crippen molar-refractivity contribution in [3.63, 3.8) is 0 Å². The lowest BCUT2D eigenvalue weighted by atomic mass is 10.2. The van der Waals surface area contributed by atoms with Gasteiger partial charge in [-0.2, -0.15) is 5.10 Å². The van der Waals surface area contributed by atoms with Gasteiger partial charge < -0.3 is 27.9 Å². The smallest absolute Gasteiger partial charge is 0.307 e. The van der Waals surface area contributed by atoms with Crippen molar-refractivity contribution in [1.82, 2.24) is 9.99 Å². The highest BCUT2D eigenvalue weighted by Crippen LogP contribution is 2.35. The lowest BCUT2D eigenvalue weighted by Crippen LogP contribution is -2.17. The van der Waals surface area contributed by atoms with Gasteiger partial charge in [-0.05, 0) is 108 Å². The van der Waals surface area contributed by atoms with Crippen LogP contribution in [0.15, 0.2) is 92.9 Å². The number of hydrazone groups is 1. The van der Waals surface area contributed by atoms with Crippen molar-refractivity contribution in [3.05, 3.63) is 122 Å². The molecular formula is C33H27BrClN3O6. The van der Waals surface area contributed by atoms with Crippen molar-refractivity contribution in [3.8, 4) is 28.7 Å². The van der Waals surface area contributed by atoms with Crippen LogP contribution in [0, 0.1) is 13.8 Å². The third-order valence-electron chi connectivity index (χ3n) is 6.86. The summed E-state index contributed by atoms with van der Waals surface area (Å²) in [7, 11) is 0. The Morgan fingerprint density at radius 1 is 0.955 bits per heavy atom. The van der Waals surface area contributed by atoms with E-state index in [2.05, 4.69) is 57.0 Å². The van der Waals surface area contributed by atoms with Gasteiger partial charge in [0.25, 0.3) is 0 Å². The molecule has 0 saturated carbocycles. The number of hydrogen-bond donors (Lipinski definition) is 1. The number of amides is 1. The summed E-state index contributed by atoms with van der Waals surface area (Å²) in [6.07, 6.45) is 1.46. The number of halogens is 2. The normalized spacial score (nSPS) is 12.1. The Bertz CT molecular complexity index is 1830. The third-order valence-corrected chi connectivity index (χ3v) is 7.67. The number of furan rings is 1. The van der Waals surface area contributed by atoms with Crippen LogP contribution in [0.5, 0.6) is 23.0 Å². The molecule has 3 heterocycles. The molecular weight excluding hydrogens is 650 g/mol. The maximum Gasteiger partial charge on any atom is 0.307 e. The highest BCUT2D eigenvalue weighted by molar-refractivity contribution is 9.10. The molecule has 9 nitrogen and oxygen atoms in total. The minimum absolute atomic E-state index is 0.0983. The molecule has 5 aromatic rings. The Kier molecular flexibility index (Phi) is 8.63. The first kappa shape index (κ1) is 29.4. The van der Waals surface area contributed by atoms with E-state index < -0.39 is 5.91 Å². The fraction of sp³-hybridized carbons (Fsp3) is 0.152. The summed E-state index contributed by atoms with van der Waals surface area (Å²) in [4.78, 5) is 12.7. The van der Waals surface area contributed by atoms with Gasteiger partial charge in [-0.3, -0.25) is 4.79 Å². The van der Waals surface area contributed by atoms with E-state index in [1.807, 2.05) is 42.5 Å². The highest BCUT2D eigenvalue weighted by atomic mass is 79.9. The van der Waals surface area contributed by atoms with Gasteiger partial charge in [0.2, 0.25) is 6.79 Å². The average molecular weight is 677 g/mol. The minimum atomic E-state index is -0.516. The molecule has 44 heavy (non-hydrogen) atoms. The summed E-state index contributed by atoms with van der Waals surface area (Å²) in [6, 6.07) is 24.2. The summed E-state index contributed by atoms with van der Waals surface area (Å²) in [6.45, 7) is 4.76. The van der Waals surface area contributed by atoms with Crippen molar-refractivity contribution in [1.29, 1.82) is 0 Å². The van der Waals surface area contributed by atoms with E-state index in [1.54, 1.807) is 24.3 Å². The Hall–Kier alpha value is -4.67. The van der Waals surface area contributed by atoms with Crippen LogP contribution in [0.1, 0.15) is 38.8 Å². The molecule has 6 rings (SSSR count). The summed E-state index contributed by atoms with van der Waals surface area (Å²) in [5, 5.41) is 4.57. The van der Waals surface area contributed by atoms with Crippen LogP contribution in [-0.2, 0) is 13.2 Å². The van der Waals surface area contributed by atoms with E-state index in [0.717, 1.165) is 22.6 Å². The van der Waals surface area contributed by atoms with Gasteiger partial charge in [-0.25, -0.2) is 5.43 Å². The van der Waals surface area contributed by atoms with Gasteiger partial charge in [0.15, 0.2) is 17.3 Å². The zero-order valence-electron chi connectivity index (χ0n) is 23.8. The predicted octanol–water partition coefficient (Wildman–Crippen LogP) is 7.75. The zero-order chi connectivity index (χ0) is 30.6. The van der Waals surface area contributed by atoms with Gasteiger partial charge in [0, 0.05) is 27.7 Å². The maximum atomic E-state index is 12.7. The molecule has 0 unspecified atom stereocenters. The molecule has 1 aliphatic rings. The maximum absolute atomic E-state index is 12.7. The van der Waals surface area contributed by atoms with E-state index >= 15 is 0 Å². The van der Waals surface area contributed by atoms with Gasteiger partial charge in [0.05, 0.1) is 10.7 Å². The van der Waals surface area contributed by atoms with Crippen LogP contribution in [-0.4, -0.2) is 23.5 Å². The number of nitrogens with one attached hydrogen (secondary N) is 1. The first-order valence-electron chi connectivity index (χ1n) is 13.6. The van der Waals surface area contributed by atoms with Gasteiger partial charge >= 0.3 is 5.91 Å². The van der Waals surface area contributed by atoms with Crippen LogP contribution >= 0.6 is 27.5 Å². The number of fused-ring (bicyclic) bond motifs is 1. The standard InChI is InChI=1S/C33H27BrClN3O6/c1-20-3-4-21(2)38(20)25-6-8-26(9-7-25)40-18-27-10-12-30(44-27)33(39)37-36-16-23-14-24(35)15-28(34)32(23)41-17-22-5-11-29-31(13-22)43-19-42-29/h3-16H,17-19H2,1-2H3,(H,37,39)/b36-16+. The lowest BCUT2D eigenvalue weighted by Gasteiger charge is -2.12. The van der Waals surface area contributed by atoms with Gasteiger partial charge in [-0.1, -0.05) is 17.7 Å². The van der Waals surface area contributed by atoms with E-state index in [0.29, 0.717) is 43.8 Å². The number of carbonyl (C=O) groups is 1. The molecule has 1 amide bonds. The second kappa shape index (κ2) is 12.9. The molecule has 224 valence electrons. The Morgan fingerprint density at radius 2 is 1.73 bits per heavy atom. The van der Waals surface area contributed by atoms with E-state index in [4.69, 9.17) is 35.0 Å². The van der Waals surface area contributed by atoms with Crippen molar-refractivity contribution in [2.24, 2.45) is 5.10 Å². The Morgan fingerprint density at radius 3 is 2.52 bits per heavy atom. The molecule has 0 aliphatic carbocycles. The molecule has 2 aromatic heterocycles. The lowest BCUT2D eigenvalue weighted by molar-refractivity contribution is 0.0923. The second-order valence-electron chi connectivity index (χ2n) is 9.98. The molecule has 3 aromatic carbocycles. The Balaban J connectivity index is 1.05. The molecule has 0 atom stereocenters. The molecule has 11 heteroatoms. The number of benzene rings is 3. The van der Waals surface area contributed by atoms with Crippen molar-refractivity contribution in [2.75, 3.05) is 6.79 Å². The van der Waals surface area contributed by atoms with Crippen molar-refractivity contribution >= 4 is 39.7 Å². The summed E-state index contributed by atoms with van der Waals surface area (Å²) < 4.78 is 31.2. The number of ether oxygens (including phenoxy) is 4. The van der Waals surface area contributed by atoms with Crippen LogP contribution in [0.4, 0.5) is 0 Å². The fourth-order valence-electron chi connectivity index (χ4n) is 4.73. The molecule has 0 bridgehead atoms. The Labute approximate surface area is 267 Å². The number of hydrogen-bond acceptors (Lipinski definition) is 7. The van der Waals surface area contributed by atoms with E-state index in [9.17, 15) is 4.79 Å². The predicted molar refractivity (Wildman–Crippen MR) is 169 cm³/mol. The van der Waals surface area contributed by atoms with E-state index in [1.165, 1.54) is 6.21 Å². The van der Waals surface area contributed by atoms with Crippen molar-refractivity contribution in [2.45, 2.75) is 27.1 Å². The highest BCUT2D eigenvalue weighted by Gasteiger charge is 2.16. The number of carbonyl (C=O) groups excluding carboxylic acids is 1.